The van der Waals surface area contributed by atoms with Gasteiger partial charge in [-0.05, 0) is 12.5 Å². The average Bonchev–Trinajstić information content (AvgIpc) is 2.82. The molecule has 5 nitrogen and oxygen atoms in total. The summed E-state index contributed by atoms with van der Waals surface area (Å²) in [5.74, 6) is 0.665. The summed E-state index contributed by atoms with van der Waals surface area (Å²) < 4.78 is 0. The van der Waals surface area contributed by atoms with Crippen LogP contribution in [0.1, 0.15) is 6.42 Å². The van der Waals surface area contributed by atoms with E-state index in [-0.39, 0.29) is 5.88 Å². The minimum absolute atomic E-state index is 0.00933. The first kappa shape index (κ1) is 9.08. The van der Waals surface area contributed by atoms with E-state index in [0.717, 1.165) is 18.5 Å². The fraction of sp³-hybridized carbons (Fsp3) is 0.182. The Kier molecular flexibility index (Phi) is 1.96. The van der Waals surface area contributed by atoms with Crippen LogP contribution in [0.3, 0.4) is 0 Å². The van der Waals surface area contributed by atoms with Crippen molar-refractivity contribution in [1.29, 1.82) is 0 Å². The van der Waals surface area contributed by atoms with E-state index in [1.165, 1.54) is 6.07 Å². The van der Waals surface area contributed by atoms with Gasteiger partial charge >= 0.3 is 0 Å². The fourth-order valence-electron chi connectivity index (χ4n) is 1.70. The van der Waals surface area contributed by atoms with E-state index in [1.807, 2.05) is 11.1 Å². The molecule has 1 aliphatic heterocycles. The Morgan fingerprint density at radius 1 is 1.19 bits per heavy atom. The molecule has 0 atom stereocenters. The Bertz CT molecular complexity index is 567. The van der Waals surface area contributed by atoms with Crippen LogP contribution in [0, 0.1) is 0 Å². The molecule has 0 aromatic carbocycles. The quantitative estimate of drug-likeness (QED) is 0.778. The largest absolute Gasteiger partial charge is 0.493 e. The van der Waals surface area contributed by atoms with Crippen LogP contribution in [0.15, 0.2) is 30.6 Å². The van der Waals surface area contributed by atoms with E-state index in [1.54, 1.807) is 12.3 Å². The maximum Gasteiger partial charge on any atom is 0.230 e. The van der Waals surface area contributed by atoms with E-state index in [9.17, 15) is 5.11 Å². The molecule has 16 heavy (non-hydrogen) atoms. The summed E-state index contributed by atoms with van der Waals surface area (Å²) in [4.78, 5) is 14.5. The molecule has 2 aromatic heterocycles. The van der Waals surface area contributed by atoms with Gasteiger partial charge in [-0.25, -0.2) is 15.0 Å². The van der Waals surface area contributed by atoms with Gasteiger partial charge in [0.15, 0.2) is 0 Å². The lowest BCUT2D eigenvalue weighted by molar-refractivity contribution is 0.455. The second-order valence-corrected chi connectivity index (χ2v) is 3.61. The third-order valence-corrected chi connectivity index (χ3v) is 2.49. The van der Waals surface area contributed by atoms with Gasteiger partial charge in [-0.15, -0.1) is 0 Å². The van der Waals surface area contributed by atoms with Gasteiger partial charge in [-0.1, -0.05) is 6.08 Å². The monoisotopic (exact) mass is 214 g/mol. The third-order valence-electron chi connectivity index (χ3n) is 2.49. The van der Waals surface area contributed by atoms with Gasteiger partial charge in [0.05, 0.1) is 11.7 Å². The lowest BCUT2D eigenvalue weighted by Crippen LogP contribution is -2.15. The smallest absolute Gasteiger partial charge is 0.230 e. The Balaban J connectivity index is 2.08. The summed E-state index contributed by atoms with van der Waals surface area (Å²) in [5.41, 5.74) is 1.34. The molecule has 0 fully saturated rings. The zero-order chi connectivity index (χ0) is 11.0. The number of aromatic hydroxyl groups is 1. The van der Waals surface area contributed by atoms with Crippen molar-refractivity contribution in [2.45, 2.75) is 6.42 Å². The van der Waals surface area contributed by atoms with Crippen LogP contribution < -0.4 is 4.90 Å². The highest BCUT2D eigenvalue weighted by molar-refractivity contribution is 5.75. The third kappa shape index (κ3) is 1.46. The van der Waals surface area contributed by atoms with Gasteiger partial charge in [0.2, 0.25) is 11.8 Å². The molecule has 0 radical (unpaired) electrons. The summed E-state index contributed by atoms with van der Waals surface area (Å²) in [6.45, 7) is 0.914. The minimum atomic E-state index is -0.00933. The van der Waals surface area contributed by atoms with Gasteiger partial charge in [0, 0.05) is 18.8 Å². The predicted molar refractivity (Wildman–Crippen MR) is 60.1 cm³/mol. The minimum Gasteiger partial charge on any atom is -0.493 e. The lowest BCUT2D eigenvalue weighted by Gasteiger charge is -2.12. The first-order chi connectivity index (χ1) is 7.83. The number of anilines is 1. The molecule has 0 saturated heterocycles. The number of hydrogen-bond acceptors (Lipinski definition) is 5. The number of pyridine rings is 1. The van der Waals surface area contributed by atoms with Crippen LogP contribution in [0.25, 0.3) is 11.0 Å². The number of fused-ring (bicyclic) bond motifs is 1. The van der Waals surface area contributed by atoms with Gasteiger partial charge < -0.3 is 10.0 Å². The van der Waals surface area contributed by atoms with Crippen molar-refractivity contribution in [3.05, 3.63) is 30.6 Å². The van der Waals surface area contributed by atoms with Crippen molar-refractivity contribution in [3.8, 4) is 5.88 Å². The van der Waals surface area contributed by atoms with Crippen molar-refractivity contribution < 1.29 is 5.11 Å². The molecule has 0 amide bonds. The van der Waals surface area contributed by atoms with Crippen LogP contribution >= 0.6 is 0 Å². The maximum atomic E-state index is 9.22. The second-order valence-electron chi connectivity index (χ2n) is 3.61. The van der Waals surface area contributed by atoms with E-state index >= 15 is 0 Å². The molecule has 0 bridgehead atoms. The van der Waals surface area contributed by atoms with Crippen molar-refractivity contribution in [2.24, 2.45) is 0 Å². The topological polar surface area (TPSA) is 62.1 Å². The number of hydrogen-bond donors (Lipinski definition) is 1. The maximum absolute atomic E-state index is 9.22. The Hall–Kier alpha value is -2.17. The standard InChI is InChI=1S/C11H10N4O/c16-10-4-3-8-9(13-10)7-12-11(14-8)15-5-1-2-6-15/h1,3-5,7H,2,6H2,(H,13,16). The van der Waals surface area contributed by atoms with Gasteiger partial charge in [-0.2, -0.15) is 0 Å². The molecular weight excluding hydrogens is 204 g/mol. The van der Waals surface area contributed by atoms with E-state index < -0.39 is 0 Å². The summed E-state index contributed by atoms with van der Waals surface area (Å²) in [6, 6.07) is 3.27. The highest BCUT2D eigenvalue weighted by atomic mass is 16.3. The highest BCUT2D eigenvalue weighted by Crippen LogP contribution is 2.18. The van der Waals surface area contributed by atoms with E-state index in [2.05, 4.69) is 21.0 Å². The van der Waals surface area contributed by atoms with Crippen LogP contribution in [-0.2, 0) is 0 Å². The molecule has 80 valence electrons. The van der Waals surface area contributed by atoms with Gasteiger partial charge in [-0.3, -0.25) is 0 Å². The van der Waals surface area contributed by atoms with Crippen molar-refractivity contribution in [1.82, 2.24) is 15.0 Å². The first-order valence-electron chi connectivity index (χ1n) is 5.09. The van der Waals surface area contributed by atoms with Crippen LogP contribution in [0.2, 0.25) is 0 Å². The van der Waals surface area contributed by atoms with Crippen LogP contribution in [-0.4, -0.2) is 26.6 Å². The van der Waals surface area contributed by atoms with Gasteiger partial charge in [0.1, 0.15) is 5.52 Å². The molecule has 1 aliphatic rings. The zero-order valence-electron chi connectivity index (χ0n) is 8.54. The van der Waals surface area contributed by atoms with Crippen molar-refractivity contribution in [3.63, 3.8) is 0 Å². The molecule has 2 aromatic rings. The second kappa shape index (κ2) is 3.44. The molecule has 0 saturated carbocycles. The molecule has 1 N–H and O–H groups in total. The summed E-state index contributed by atoms with van der Waals surface area (Å²) >= 11 is 0. The highest BCUT2D eigenvalue weighted by Gasteiger charge is 2.10. The lowest BCUT2D eigenvalue weighted by atomic mass is 10.3. The van der Waals surface area contributed by atoms with Crippen molar-refractivity contribution in [2.75, 3.05) is 11.4 Å². The molecular formula is C11H10N4O. The van der Waals surface area contributed by atoms with Crippen LogP contribution in [0.5, 0.6) is 5.88 Å². The van der Waals surface area contributed by atoms with E-state index in [4.69, 9.17) is 0 Å². The molecule has 3 heterocycles. The molecule has 3 rings (SSSR count). The fourth-order valence-corrected chi connectivity index (χ4v) is 1.70. The Labute approximate surface area is 92.1 Å². The summed E-state index contributed by atoms with van der Waals surface area (Å²) in [7, 11) is 0. The first-order valence-corrected chi connectivity index (χ1v) is 5.09. The normalized spacial score (nSPS) is 14.9. The summed E-state index contributed by atoms with van der Waals surface area (Å²) in [5, 5.41) is 9.22. The van der Waals surface area contributed by atoms with Gasteiger partial charge in [0.25, 0.3) is 0 Å². The predicted octanol–water partition coefficient (Wildman–Crippen LogP) is 1.45. The Morgan fingerprint density at radius 3 is 2.94 bits per heavy atom. The average molecular weight is 214 g/mol. The molecule has 5 heteroatoms. The zero-order valence-corrected chi connectivity index (χ0v) is 8.54. The number of aromatic nitrogens is 3. The Morgan fingerprint density at radius 2 is 2.12 bits per heavy atom. The van der Waals surface area contributed by atoms with E-state index in [0.29, 0.717) is 11.5 Å². The molecule has 0 unspecified atom stereocenters. The molecule has 0 spiro atoms. The summed E-state index contributed by atoms with van der Waals surface area (Å²) in [6.07, 6.45) is 6.72. The number of nitrogens with zero attached hydrogens (tertiary/aromatic N) is 4. The van der Waals surface area contributed by atoms with Crippen LogP contribution in [0.4, 0.5) is 5.95 Å². The van der Waals surface area contributed by atoms with Crippen molar-refractivity contribution >= 4 is 17.0 Å². The molecule has 0 aliphatic carbocycles. The SMILES string of the molecule is Oc1ccc2nc(N3C=CCC3)ncc2n1. The number of rotatable bonds is 1.